The predicted octanol–water partition coefficient (Wildman–Crippen LogP) is 1.80. The van der Waals surface area contributed by atoms with Crippen molar-refractivity contribution in [3.8, 4) is 5.75 Å². The Labute approximate surface area is 108 Å². The lowest BCUT2D eigenvalue weighted by Gasteiger charge is -2.28. The number of ether oxygens (including phenoxy) is 1. The van der Waals surface area contributed by atoms with Gasteiger partial charge in [0.15, 0.2) is 0 Å². The van der Waals surface area contributed by atoms with E-state index in [4.69, 9.17) is 4.74 Å². The zero-order valence-corrected chi connectivity index (χ0v) is 10.8. The number of para-hydroxylation sites is 2. The number of carbonyl (C=O) groups is 1. The van der Waals surface area contributed by atoms with Gasteiger partial charge >= 0.3 is 0 Å². The summed E-state index contributed by atoms with van der Waals surface area (Å²) in [6.07, 6.45) is 1.49. The Morgan fingerprint density at radius 1 is 1.33 bits per heavy atom. The number of rotatable bonds is 3. The fraction of sp³-hybridized carbons (Fsp3) is 0.500. The second-order valence-corrected chi connectivity index (χ2v) is 4.34. The van der Waals surface area contributed by atoms with Crippen molar-refractivity contribution in [2.45, 2.75) is 19.8 Å². The van der Waals surface area contributed by atoms with Crippen molar-refractivity contribution >= 4 is 11.6 Å². The summed E-state index contributed by atoms with van der Waals surface area (Å²) in [5, 5.41) is 2.91. The van der Waals surface area contributed by atoms with Crippen LogP contribution in [0.25, 0.3) is 0 Å². The third kappa shape index (κ3) is 3.15. The molecule has 1 aliphatic heterocycles. The molecule has 1 aromatic rings. The molecule has 4 heteroatoms. The minimum atomic E-state index is 0.160. The van der Waals surface area contributed by atoms with Crippen LogP contribution in [0.1, 0.15) is 19.8 Å². The molecule has 0 unspecified atom stereocenters. The van der Waals surface area contributed by atoms with Gasteiger partial charge in [0, 0.05) is 26.1 Å². The van der Waals surface area contributed by atoms with Gasteiger partial charge in [-0.1, -0.05) is 12.1 Å². The zero-order valence-electron chi connectivity index (χ0n) is 10.8. The number of anilines is 1. The molecule has 0 aliphatic carbocycles. The highest BCUT2D eigenvalue weighted by atomic mass is 16.5. The first-order valence-electron chi connectivity index (χ1n) is 6.54. The van der Waals surface area contributed by atoms with Gasteiger partial charge in [0.25, 0.3) is 0 Å². The number of carbonyl (C=O) groups excluding carboxylic acids is 1. The molecule has 1 heterocycles. The second-order valence-electron chi connectivity index (χ2n) is 4.34. The highest BCUT2D eigenvalue weighted by molar-refractivity contribution is 5.76. The van der Waals surface area contributed by atoms with Crippen LogP contribution in [0, 0.1) is 0 Å². The number of nitrogens with zero attached hydrogens (tertiary/aromatic N) is 1. The molecule has 4 nitrogen and oxygen atoms in total. The molecule has 0 saturated carbocycles. The quantitative estimate of drug-likeness (QED) is 0.887. The molecule has 0 bridgehead atoms. The predicted molar refractivity (Wildman–Crippen MR) is 72.1 cm³/mol. The molecule has 1 N–H and O–H groups in total. The summed E-state index contributed by atoms with van der Waals surface area (Å²) in [4.78, 5) is 13.6. The summed E-state index contributed by atoms with van der Waals surface area (Å²) in [5.41, 5.74) is 1.12. The van der Waals surface area contributed by atoms with Gasteiger partial charge < -0.3 is 15.0 Å². The summed E-state index contributed by atoms with van der Waals surface area (Å²) in [6.45, 7) is 5.08. The first kappa shape index (κ1) is 12.7. The van der Waals surface area contributed by atoms with E-state index in [9.17, 15) is 4.79 Å². The minimum Gasteiger partial charge on any atom is -0.492 e. The fourth-order valence-corrected chi connectivity index (χ4v) is 2.20. The maximum absolute atomic E-state index is 11.3. The normalized spacial score (nSPS) is 16.7. The molecular weight excluding hydrogens is 228 g/mol. The van der Waals surface area contributed by atoms with Crippen LogP contribution in [0.5, 0.6) is 5.75 Å². The van der Waals surface area contributed by atoms with Crippen LogP contribution in [0.3, 0.4) is 0 Å². The molecule has 1 fully saturated rings. The molecule has 0 aromatic heterocycles. The van der Waals surface area contributed by atoms with Gasteiger partial charge in [-0.25, -0.2) is 0 Å². The van der Waals surface area contributed by atoms with Gasteiger partial charge in [0.2, 0.25) is 5.91 Å². The fourth-order valence-electron chi connectivity index (χ4n) is 2.20. The Balaban J connectivity index is 2.11. The first-order valence-corrected chi connectivity index (χ1v) is 6.54. The van der Waals surface area contributed by atoms with E-state index in [0.29, 0.717) is 19.6 Å². The monoisotopic (exact) mass is 248 g/mol. The van der Waals surface area contributed by atoms with Crippen LogP contribution in [0.4, 0.5) is 5.69 Å². The van der Waals surface area contributed by atoms with Crippen molar-refractivity contribution in [3.63, 3.8) is 0 Å². The summed E-state index contributed by atoms with van der Waals surface area (Å²) in [6, 6.07) is 8.08. The van der Waals surface area contributed by atoms with E-state index in [1.165, 1.54) is 0 Å². The van der Waals surface area contributed by atoms with Gasteiger partial charge in [0.1, 0.15) is 5.75 Å². The largest absolute Gasteiger partial charge is 0.492 e. The topological polar surface area (TPSA) is 41.6 Å². The van der Waals surface area contributed by atoms with Crippen LogP contribution >= 0.6 is 0 Å². The molecule has 0 atom stereocenters. The van der Waals surface area contributed by atoms with Crippen LogP contribution < -0.4 is 15.0 Å². The molecule has 2 rings (SSSR count). The van der Waals surface area contributed by atoms with Crippen molar-refractivity contribution in [2.24, 2.45) is 0 Å². The van der Waals surface area contributed by atoms with Gasteiger partial charge in [-0.05, 0) is 25.5 Å². The standard InChI is InChI=1S/C14H20N2O2/c1-2-18-13-7-4-3-6-12(13)16-10-5-8-14(17)15-9-11-16/h3-4,6-7H,2,5,8-11H2,1H3,(H,15,17). The van der Waals surface area contributed by atoms with E-state index < -0.39 is 0 Å². The van der Waals surface area contributed by atoms with E-state index >= 15 is 0 Å². The SMILES string of the molecule is CCOc1ccccc1N1CCCC(=O)NCC1. The van der Waals surface area contributed by atoms with Crippen molar-refractivity contribution in [1.82, 2.24) is 5.32 Å². The number of benzene rings is 1. The molecule has 98 valence electrons. The molecular formula is C14H20N2O2. The van der Waals surface area contributed by atoms with E-state index in [0.717, 1.165) is 30.9 Å². The van der Waals surface area contributed by atoms with Crippen LogP contribution in [0.15, 0.2) is 24.3 Å². The Bertz CT molecular complexity index is 395. The maximum atomic E-state index is 11.3. The highest BCUT2D eigenvalue weighted by Crippen LogP contribution is 2.28. The van der Waals surface area contributed by atoms with Gasteiger partial charge in [0.05, 0.1) is 12.3 Å². The molecule has 1 aromatic carbocycles. The Morgan fingerprint density at radius 3 is 3.00 bits per heavy atom. The summed E-state index contributed by atoms with van der Waals surface area (Å²) in [7, 11) is 0. The molecule has 0 spiro atoms. The van der Waals surface area contributed by atoms with Crippen LogP contribution in [-0.2, 0) is 4.79 Å². The zero-order chi connectivity index (χ0) is 12.8. The third-order valence-corrected chi connectivity index (χ3v) is 3.04. The molecule has 1 saturated heterocycles. The maximum Gasteiger partial charge on any atom is 0.220 e. The van der Waals surface area contributed by atoms with Crippen LogP contribution in [-0.4, -0.2) is 32.1 Å². The molecule has 0 radical (unpaired) electrons. The lowest BCUT2D eigenvalue weighted by molar-refractivity contribution is -0.121. The Kier molecular flexibility index (Phi) is 4.45. The van der Waals surface area contributed by atoms with Crippen molar-refractivity contribution in [2.75, 3.05) is 31.1 Å². The van der Waals surface area contributed by atoms with Crippen molar-refractivity contribution in [3.05, 3.63) is 24.3 Å². The van der Waals surface area contributed by atoms with E-state index in [1.807, 2.05) is 25.1 Å². The molecule has 1 aliphatic rings. The molecule has 1 amide bonds. The van der Waals surface area contributed by atoms with Gasteiger partial charge in [-0.15, -0.1) is 0 Å². The summed E-state index contributed by atoms with van der Waals surface area (Å²) in [5.74, 6) is 1.08. The first-order chi connectivity index (χ1) is 8.81. The van der Waals surface area contributed by atoms with Gasteiger partial charge in [-0.3, -0.25) is 4.79 Å². The number of nitrogens with one attached hydrogen (secondary N) is 1. The number of hydrogen-bond acceptors (Lipinski definition) is 3. The van der Waals surface area contributed by atoms with Gasteiger partial charge in [-0.2, -0.15) is 0 Å². The van der Waals surface area contributed by atoms with Crippen molar-refractivity contribution in [1.29, 1.82) is 0 Å². The number of amides is 1. The summed E-state index contributed by atoms with van der Waals surface area (Å²) >= 11 is 0. The third-order valence-electron chi connectivity index (χ3n) is 3.04. The summed E-state index contributed by atoms with van der Waals surface area (Å²) < 4.78 is 5.65. The highest BCUT2D eigenvalue weighted by Gasteiger charge is 2.15. The lowest BCUT2D eigenvalue weighted by atomic mass is 10.2. The smallest absolute Gasteiger partial charge is 0.220 e. The lowest BCUT2D eigenvalue weighted by Crippen LogP contribution is -2.38. The van der Waals surface area contributed by atoms with Crippen molar-refractivity contribution < 1.29 is 9.53 Å². The van der Waals surface area contributed by atoms with E-state index in [-0.39, 0.29) is 5.91 Å². The Morgan fingerprint density at radius 2 is 2.17 bits per heavy atom. The average Bonchev–Trinajstić information content (AvgIpc) is 2.35. The van der Waals surface area contributed by atoms with E-state index in [1.54, 1.807) is 0 Å². The second kappa shape index (κ2) is 6.28. The average molecular weight is 248 g/mol. The van der Waals surface area contributed by atoms with E-state index in [2.05, 4.69) is 16.3 Å². The number of hydrogen-bond donors (Lipinski definition) is 1. The molecule has 18 heavy (non-hydrogen) atoms. The Hall–Kier alpha value is -1.71. The van der Waals surface area contributed by atoms with Crippen LogP contribution in [0.2, 0.25) is 0 Å². The minimum absolute atomic E-state index is 0.160.